The minimum absolute atomic E-state index is 0.0212. The monoisotopic (exact) mass is 452 g/mol. The zero-order chi connectivity index (χ0) is 23.2. The molecule has 1 aliphatic rings. The van der Waals surface area contributed by atoms with Crippen LogP contribution in [-0.4, -0.2) is 45.3 Å². The van der Waals surface area contributed by atoms with Crippen LogP contribution in [0.25, 0.3) is 11.2 Å². The molecule has 3 aromatic rings. The predicted octanol–water partition coefficient (Wildman–Crippen LogP) is 3.78. The van der Waals surface area contributed by atoms with Crippen LogP contribution in [0.15, 0.2) is 42.5 Å². The number of hydrogen-bond acceptors (Lipinski definition) is 6. The molecule has 2 aromatic heterocycles. The number of ether oxygens (including phenoxy) is 3. The smallest absolute Gasteiger partial charge is 0.298 e. The molecule has 8 nitrogen and oxygen atoms in total. The Hall–Kier alpha value is -3.13. The van der Waals surface area contributed by atoms with Gasteiger partial charge in [-0.1, -0.05) is 30.3 Å². The molecule has 0 spiro atoms. The molecule has 1 atom stereocenters. The molecule has 4 rings (SSSR count). The second-order valence-corrected chi connectivity index (χ2v) is 8.67. The maximum atomic E-state index is 11.1. The Morgan fingerprint density at radius 2 is 1.82 bits per heavy atom. The van der Waals surface area contributed by atoms with Crippen molar-refractivity contribution in [1.29, 1.82) is 0 Å². The van der Waals surface area contributed by atoms with E-state index >= 15 is 0 Å². The van der Waals surface area contributed by atoms with E-state index in [4.69, 9.17) is 14.2 Å². The molecule has 0 unspecified atom stereocenters. The summed E-state index contributed by atoms with van der Waals surface area (Å²) in [6.07, 6.45) is 4.01. The number of amides is 1. The summed E-state index contributed by atoms with van der Waals surface area (Å²) in [6, 6.07) is 14.4. The average molecular weight is 453 g/mol. The summed E-state index contributed by atoms with van der Waals surface area (Å²) in [5.74, 6) is 0.569. The highest BCUT2D eigenvalue weighted by molar-refractivity contribution is 5.73. The number of carbonyl (C=O) groups is 1. The van der Waals surface area contributed by atoms with Crippen molar-refractivity contribution in [2.45, 2.75) is 64.4 Å². The van der Waals surface area contributed by atoms with Gasteiger partial charge in [0, 0.05) is 26.1 Å². The fraction of sp³-hybridized carbons (Fsp3) is 0.480. The molecule has 1 N–H and O–H groups in total. The lowest BCUT2D eigenvalue weighted by molar-refractivity contribution is -0.120. The van der Waals surface area contributed by atoms with Crippen molar-refractivity contribution >= 4 is 17.1 Å². The van der Waals surface area contributed by atoms with Gasteiger partial charge in [0.1, 0.15) is 18.2 Å². The third-order valence-electron chi connectivity index (χ3n) is 5.80. The van der Waals surface area contributed by atoms with E-state index in [2.05, 4.69) is 15.3 Å². The fourth-order valence-corrected chi connectivity index (χ4v) is 4.10. The molecule has 1 amide bonds. The highest BCUT2D eigenvalue weighted by atomic mass is 16.5. The summed E-state index contributed by atoms with van der Waals surface area (Å²) in [5, 5.41) is 2.85. The maximum Gasteiger partial charge on any atom is 0.298 e. The first kappa shape index (κ1) is 23.0. The van der Waals surface area contributed by atoms with Gasteiger partial charge in [0.05, 0.1) is 12.7 Å². The summed E-state index contributed by atoms with van der Waals surface area (Å²) in [5.41, 5.74) is 2.60. The van der Waals surface area contributed by atoms with Gasteiger partial charge in [-0.05, 0) is 44.2 Å². The first-order valence-corrected chi connectivity index (χ1v) is 11.5. The second-order valence-electron chi connectivity index (χ2n) is 8.67. The molecule has 176 valence electrons. The van der Waals surface area contributed by atoms with Gasteiger partial charge >= 0.3 is 0 Å². The maximum absolute atomic E-state index is 11.1. The lowest BCUT2D eigenvalue weighted by atomic mass is 9.95. The molecule has 0 aliphatic heterocycles. The third-order valence-corrected chi connectivity index (χ3v) is 5.80. The van der Waals surface area contributed by atoms with Crippen molar-refractivity contribution in [3.8, 4) is 11.9 Å². The topological polar surface area (TPSA) is 87.5 Å². The number of nitrogens with one attached hydrogen (secondary N) is 1. The summed E-state index contributed by atoms with van der Waals surface area (Å²) in [7, 11) is 1.90. The number of rotatable bonds is 9. The number of imidazole rings is 1. The van der Waals surface area contributed by atoms with Gasteiger partial charge in [0.25, 0.3) is 6.01 Å². The Morgan fingerprint density at radius 3 is 2.55 bits per heavy atom. The Labute approximate surface area is 194 Å². The number of nitrogens with zero attached hydrogens (tertiary/aromatic N) is 3. The van der Waals surface area contributed by atoms with E-state index in [0.29, 0.717) is 25.1 Å². The van der Waals surface area contributed by atoms with E-state index in [1.54, 1.807) is 0 Å². The highest BCUT2D eigenvalue weighted by Gasteiger charge is 2.24. The fourth-order valence-electron chi connectivity index (χ4n) is 4.10. The Kier molecular flexibility index (Phi) is 7.44. The number of benzene rings is 1. The van der Waals surface area contributed by atoms with Crippen LogP contribution in [-0.2, 0) is 23.2 Å². The molecule has 1 saturated carbocycles. The Balaban J connectivity index is 1.29. The van der Waals surface area contributed by atoms with E-state index in [-0.39, 0.29) is 24.2 Å². The van der Waals surface area contributed by atoms with Crippen molar-refractivity contribution in [1.82, 2.24) is 19.9 Å². The number of aryl methyl sites for hydroxylation is 1. The van der Waals surface area contributed by atoms with Crippen molar-refractivity contribution in [3.05, 3.63) is 48.0 Å². The molecular formula is C25H32N4O4. The van der Waals surface area contributed by atoms with Gasteiger partial charge in [-0.25, -0.2) is 0 Å². The van der Waals surface area contributed by atoms with Gasteiger partial charge in [-0.2, -0.15) is 9.97 Å². The van der Waals surface area contributed by atoms with Crippen molar-refractivity contribution in [3.63, 3.8) is 0 Å². The average Bonchev–Trinajstić information content (AvgIpc) is 3.12. The van der Waals surface area contributed by atoms with Gasteiger partial charge < -0.3 is 19.5 Å². The van der Waals surface area contributed by atoms with E-state index < -0.39 is 0 Å². The van der Waals surface area contributed by atoms with Crippen LogP contribution < -0.4 is 14.8 Å². The van der Waals surface area contributed by atoms with E-state index in [0.717, 1.165) is 42.4 Å². The second kappa shape index (κ2) is 10.7. The van der Waals surface area contributed by atoms with Crippen molar-refractivity contribution in [2.24, 2.45) is 7.05 Å². The van der Waals surface area contributed by atoms with Crippen LogP contribution in [0.2, 0.25) is 0 Å². The molecule has 33 heavy (non-hydrogen) atoms. The first-order valence-electron chi connectivity index (χ1n) is 11.5. The van der Waals surface area contributed by atoms with E-state index in [1.807, 2.05) is 61.0 Å². The van der Waals surface area contributed by atoms with E-state index in [1.165, 1.54) is 6.92 Å². The largest absolute Gasteiger partial charge is 0.474 e. The van der Waals surface area contributed by atoms with Crippen LogP contribution in [0, 0.1) is 0 Å². The van der Waals surface area contributed by atoms with Gasteiger partial charge in [0.2, 0.25) is 11.8 Å². The van der Waals surface area contributed by atoms with Crippen LogP contribution in [0.5, 0.6) is 11.9 Å². The van der Waals surface area contributed by atoms with Crippen LogP contribution in [0.4, 0.5) is 0 Å². The molecule has 1 fully saturated rings. The summed E-state index contributed by atoms with van der Waals surface area (Å²) in [6.45, 7) is 4.46. The molecule has 0 bridgehead atoms. The molecule has 1 aromatic carbocycles. The molecule has 8 heteroatoms. The van der Waals surface area contributed by atoms with Crippen molar-refractivity contribution in [2.75, 3.05) is 6.61 Å². The number of hydrogen-bond donors (Lipinski definition) is 1. The molecular weight excluding hydrogens is 420 g/mol. The number of carbonyl (C=O) groups excluding carboxylic acids is 1. The number of pyridine rings is 1. The molecule has 1 aliphatic carbocycles. The number of fused-ring (bicyclic) bond motifs is 1. The SMILES string of the molecule is CC(=O)N[C@@H](C)CO[C@H]1CC[C@H](Oc2ccc3nc(OCc4ccccc4)n(C)c3n2)CC1. The van der Waals surface area contributed by atoms with Crippen LogP contribution in [0.1, 0.15) is 45.1 Å². The van der Waals surface area contributed by atoms with E-state index in [9.17, 15) is 4.79 Å². The predicted molar refractivity (Wildman–Crippen MR) is 125 cm³/mol. The first-order chi connectivity index (χ1) is 16.0. The quantitative estimate of drug-likeness (QED) is 0.532. The molecule has 0 saturated heterocycles. The van der Waals surface area contributed by atoms with Crippen LogP contribution >= 0.6 is 0 Å². The zero-order valence-electron chi connectivity index (χ0n) is 19.5. The number of aromatic nitrogens is 3. The van der Waals surface area contributed by atoms with Gasteiger partial charge in [-0.15, -0.1) is 0 Å². The molecule has 0 radical (unpaired) electrons. The minimum Gasteiger partial charge on any atom is -0.474 e. The molecule has 2 heterocycles. The summed E-state index contributed by atoms with van der Waals surface area (Å²) < 4.78 is 19.9. The third kappa shape index (κ3) is 6.22. The minimum atomic E-state index is -0.0315. The lowest BCUT2D eigenvalue weighted by Crippen LogP contribution is -2.36. The lowest BCUT2D eigenvalue weighted by Gasteiger charge is -2.29. The van der Waals surface area contributed by atoms with Gasteiger partial charge in [0.15, 0.2) is 5.65 Å². The van der Waals surface area contributed by atoms with Gasteiger partial charge in [-0.3, -0.25) is 9.36 Å². The Bertz CT molecular complexity index is 1060. The zero-order valence-corrected chi connectivity index (χ0v) is 19.5. The van der Waals surface area contributed by atoms with Crippen LogP contribution in [0.3, 0.4) is 0 Å². The Morgan fingerprint density at radius 1 is 1.09 bits per heavy atom. The normalized spacial score (nSPS) is 19.2. The summed E-state index contributed by atoms with van der Waals surface area (Å²) in [4.78, 5) is 20.4. The van der Waals surface area contributed by atoms with Crippen molar-refractivity contribution < 1.29 is 19.0 Å². The standard InChI is InChI=1S/C25H32N4O4/c1-17(26-18(2)30)15-31-20-9-11-21(12-10-20)33-23-14-13-22-24(28-23)29(3)25(27-22)32-16-19-7-5-4-6-8-19/h4-8,13-14,17,20-21H,9-12,15-16H2,1-3H3,(H,26,30)/t17-,20-,21-/m0/s1. The summed E-state index contributed by atoms with van der Waals surface area (Å²) >= 11 is 0. The highest BCUT2D eigenvalue weighted by Crippen LogP contribution is 2.27.